The molecule has 0 fully saturated rings. The molecule has 2 aromatic rings. The van der Waals surface area contributed by atoms with Crippen LogP contribution in [0.15, 0.2) is 22.2 Å². The summed E-state index contributed by atoms with van der Waals surface area (Å²) >= 11 is 3.27. The number of hydrogen-bond donors (Lipinski definition) is 2. The van der Waals surface area contributed by atoms with Crippen LogP contribution < -0.4 is 10.6 Å². The van der Waals surface area contributed by atoms with Crippen LogP contribution in [0.5, 0.6) is 0 Å². The lowest BCUT2D eigenvalue weighted by Gasteiger charge is -2.18. The summed E-state index contributed by atoms with van der Waals surface area (Å²) in [6, 6.07) is 2.05. The topological polar surface area (TPSA) is 54.0 Å². The van der Waals surface area contributed by atoms with Gasteiger partial charge in [-0.3, -0.25) is 0 Å². The van der Waals surface area contributed by atoms with Gasteiger partial charge in [-0.1, -0.05) is 6.92 Å². The highest BCUT2D eigenvalue weighted by Crippen LogP contribution is 2.20. The van der Waals surface area contributed by atoms with Crippen molar-refractivity contribution in [3.8, 4) is 0 Å². The molecule has 2 atom stereocenters. The minimum absolute atomic E-state index is 0.0166. The number of aryl methyl sites for hydroxylation is 1. The van der Waals surface area contributed by atoms with Gasteiger partial charge in [-0.25, -0.2) is 9.78 Å². The van der Waals surface area contributed by atoms with Gasteiger partial charge in [-0.2, -0.15) is 11.3 Å². The van der Waals surface area contributed by atoms with Crippen LogP contribution in [0.25, 0.3) is 0 Å². The Hall–Kier alpha value is -1.40. The monoisotopic (exact) mass is 323 g/mol. The SMILES string of the molecule is CC[C@@H](NC(=O)N[C@@H](C)Cc1ccsc1)c1nc(C)cs1. The average Bonchev–Trinajstić information content (AvgIpc) is 3.07. The third-order valence-electron chi connectivity index (χ3n) is 3.15. The van der Waals surface area contributed by atoms with Crippen molar-refractivity contribution in [3.63, 3.8) is 0 Å². The molecule has 0 unspecified atom stereocenters. The highest BCUT2D eigenvalue weighted by atomic mass is 32.1. The first-order chi connectivity index (χ1) is 10.1. The first-order valence-corrected chi connectivity index (χ1v) is 8.90. The lowest BCUT2D eigenvalue weighted by molar-refractivity contribution is 0.233. The van der Waals surface area contributed by atoms with E-state index in [0.717, 1.165) is 23.5 Å². The molecule has 0 aromatic carbocycles. The van der Waals surface area contributed by atoms with E-state index in [9.17, 15) is 4.79 Å². The van der Waals surface area contributed by atoms with Gasteiger partial charge in [0.2, 0.25) is 0 Å². The normalized spacial score (nSPS) is 13.7. The van der Waals surface area contributed by atoms with Crippen molar-refractivity contribution in [3.05, 3.63) is 38.5 Å². The van der Waals surface area contributed by atoms with Crippen LogP contribution in [0.3, 0.4) is 0 Å². The Morgan fingerprint density at radius 2 is 2.19 bits per heavy atom. The first-order valence-electron chi connectivity index (χ1n) is 7.08. The van der Waals surface area contributed by atoms with Crippen molar-refractivity contribution >= 4 is 28.7 Å². The fraction of sp³-hybridized carbons (Fsp3) is 0.467. The molecular formula is C15H21N3OS2. The molecule has 0 aliphatic heterocycles. The van der Waals surface area contributed by atoms with Gasteiger partial charge >= 0.3 is 6.03 Å². The Morgan fingerprint density at radius 3 is 2.76 bits per heavy atom. The molecule has 2 N–H and O–H groups in total. The number of nitrogens with one attached hydrogen (secondary N) is 2. The van der Waals surface area contributed by atoms with Crippen molar-refractivity contribution in [1.82, 2.24) is 15.6 Å². The Kier molecular flexibility index (Phi) is 5.76. The number of carbonyl (C=O) groups is 1. The van der Waals surface area contributed by atoms with E-state index in [-0.39, 0.29) is 18.1 Å². The lowest BCUT2D eigenvalue weighted by Crippen LogP contribution is -2.43. The molecule has 2 aromatic heterocycles. The number of carbonyl (C=O) groups excluding carboxylic acids is 1. The molecule has 2 rings (SSSR count). The van der Waals surface area contributed by atoms with Gasteiger partial charge in [0.1, 0.15) is 5.01 Å². The average molecular weight is 323 g/mol. The Bertz CT molecular complexity index is 565. The molecule has 0 spiro atoms. The molecule has 2 heterocycles. The third-order valence-corrected chi connectivity index (χ3v) is 4.96. The van der Waals surface area contributed by atoms with Crippen molar-refractivity contribution in [2.75, 3.05) is 0 Å². The summed E-state index contributed by atoms with van der Waals surface area (Å²) in [5, 5.41) is 13.1. The quantitative estimate of drug-likeness (QED) is 0.847. The van der Waals surface area contributed by atoms with E-state index in [4.69, 9.17) is 0 Å². The largest absolute Gasteiger partial charge is 0.335 e. The van der Waals surface area contributed by atoms with Gasteiger partial charge in [-0.05, 0) is 49.1 Å². The summed E-state index contributed by atoms with van der Waals surface area (Å²) < 4.78 is 0. The van der Waals surface area contributed by atoms with Crippen molar-refractivity contribution in [2.45, 2.75) is 45.7 Å². The van der Waals surface area contributed by atoms with Crippen LogP contribution in [0.4, 0.5) is 4.79 Å². The number of aromatic nitrogens is 1. The Labute approximate surface area is 133 Å². The van der Waals surface area contributed by atoms with Gasteiger partial charge in [0.05, 0.1) is 6.04 Å². The maximum Gasteiger partial charge on any atom is 0.315 e. The predicted molar refractivity (Wildman–Crippen MR) is 89.0 cm³/mol. The second-order valence-electron chi connectivity index (χ2n) is 5.14. The maximum absolute atomic E-state index is 12.1. The second-order valence-corrected chi connectivity index (χ2v) is 6.81. The lowest BCUT2D eigenvalue weighted by atomic mass is 10.1. The zero-order valence-corrected chi connectivity index (χ0v) is 14.2. The predicted octanol–water partition coefficient (Wildman–Crippen LogP) is 3.89. The smallest absolute Gasteiger partial charge is 0.315 e. The summed E-state index contributed by atoms with van der Waals surface area (Å²) in [7, 11) is 0. The number of hydrogen-bond acceptors (Lipinski definition) is 4. The molecule has 0 saturated heterocycles. The number of thiophene rings is 1. The van der Waals surface area contributed by atoms with E-state index in [1.807, 2.05) is 19.2 Å². The molecule has 0 aliphatic carbocycles. The number of nitrogens with zero attached hydrogens (tertiary/aromatic N) is 1. The molecule has 0 bridgehead atoms. The van der Waals surface area contributed by atoms with Gasteiger partial charge in [0.15, 0.2) is 0 Å². The maximum atomic E-state index is 12.1. The molecular weight excluding hydrogens is 302 g/mol. The molecule has 4 nitrogen and oxygen atoms in total. The number of rotatable bonds is 6. The molecule has 114 valence electrons. The van der Waals surface area contributed by atoms with E-state index in [2.05, 4.69) is 39.4 Å². The summed E-state index contributed by atoms with van der Waals surface area (Å²) in [4.78, 5) is 16.5. The highest BCUT2D eigenvalue weighted by molar-refractivity contribution is 7.09. The zero-order valence-electron chi connectivity index (χ0n) is 12.6. The number of urea groups is 1. The van der Waals surface area contributed by atoms with Crippen molar-refractivity contribution in [1.29, 1.82) is 0 Å². The number of thiazole rings is 1. The minimum atomic E-state index is -0.127. The summed E-state index contributed by atoms with van der Waals surface area (Å²) in [5.41, 5.74) is 2.26. The van der Waals surface area contributed by atoms with Crippen LogP contribution in [0.2, 0.25) is 0 Å². The summed E-state index contributed by atoms with van der Waals surface area (Å²) in [6.45, 7) is 6.04. The molecule has 0 saturated carbocycles. The van der Waals surface area contributed by atoms with E-state index in [1.54, 1.807) is 22.7 Å². The van der Waals surface area contributed by atoms with Gasteiger partial charge in [-0.15, -0.1) is 11.3 Å². The van der Waals surface area contributed by atoms with E-state index >= 15 is 0 Å². The minimum Gasteiger partial charge on any atom is -0.335 e. The van der Waals surface area contributed by atoms with E-state index < -0.39 is 0 Å². The molecule has 0 aliphatic rings. The van der Waals surface area contributed by atoms with Gasteiger partial charge in [0, 0.05) is 17.1 Å². The van der Waals surface area contributed by atoms with Crippen LogP contribution in [0.1, 0.15) is 42.6 Å². The van der Waals surface area contributed by atoms with Gasteiger partial charge < -0.3 is 10.6 Å². The molecule has 21 heavy (non-hydrogen) atoms. The second kappa shape index (κ2) is 7.56. The first kappa shape index (κ1) is 16.0. The van der Waals surface area contributed by atoms with Crippen LogP contribution in [-0.2, 0) is 6.42 Å². The Balaban J connectivity index is 1.85. The third kappa shape index (κ3) is 4.82. The summed E-state index contributed by atoms with van der Waals surface area (Å²) in [6.07, 6.45) is 1.68. The molecule has 2 amide bonds. The molecule has 0 radical (unpaired) electrons. The van der Waals surface area contributed by atoms with Gasteiger partial charge in [0.25, 0.3) is 0 Å². The summed E-state index contributed by atoms with van der Waals surface area (Å²) in [5.74, 6) is 0. The van der Waals surface area contributed by atoms with Crippen LogP contribution in [0, 0.1) is 6.92 Å². The standard InChI is InChI=1S/C15H21N3OS2/c1-4-13(14-16-11(3)8-21-14)18-15(19)17-10(2)7-12-5-6-20-9-12/h5-6,8-10,13H,4,7H2,1-3H3,(H2,17,18,19)/t10-,13+/m0/s1. The van der Waals surface area contributed by atoms with E-state index in [1.165, 1.54) is 5.56 Å². The highest BCUT2D eigenvalue weighted by Gasteiger charge is 2.17. The van der Waals surface area contributed by atoms with Crippen LogP contribution >= 0.6 is 22.7 Å². The number of amides is 2. The van der Waals surface area contributed by atoms with E-state index in [0.29, 0.717) is 0 Å². The van der Waals surface area contributed by atoms with Crippen molar-refractivity contribution in [2.24, 2.45) is 0 Å². The Morgan fingerprint density at radius 1 is 1.38 bits per heavy atom. The molecule has 6 heteroatoms. The fourth-order valence-electron chi connectivity index (χ4n) is 2.11. The fourth-order valence-corrected chi connectivity index (χ4v) is 3.72. The van der Waals surface area contributed by atoms with Crippen molar-refractivity contribution < 1.29 is 4.79 Å². The zero-order chi connectivity index (χ0) is 15.2. The van der Waals surface area contributed by atoms with Crippen LogP contribution in [-0.4, -0.2) is 17.1 Å².